The lowest BCUT2D eigenvalue weighted by Crippen LogP contribution is -2.12. The van der Waals surface area contributed by atoms with Crippen molar-refractivity contribution in [3.05, 3.63) is 0 Å². The van der Waals surface area contributed by atoms with Crippen LogP contribution in [0.4, 0.5) is 0 Å². The Hall–Kier alpha value is -0.660. The number of rotatable bonds is 9. The summed E-state index contributed by atoms with van der Waals surface area (Å²) in [5.74, 6) is -2.82. The van der Waals surface area contributed by atoms with Crippen molar-refractivity contribution < 1.29 is 37.9 Å². The number of halogens is 1. The molecule has 0 heterocycles. The van der Waals surface area contributed by atoms with Gasteiger partial charge < -0.3 is 10.2 Å². The highest BCUT2D eigenvalue weighted by Gasteiger charge is 2.28. The number of alkyl halides is 1. The molecule has 0 aromatic heterocycles. The molecule has 94 valence electrons. The molecule has 0 aliphatic rings. The summed E-state index contributed by atoms with van der Waals surface area (Å²) in [5.41, 5.74) is 0. The molecule has 0 atom stereocenters. The van der Waals surface area contributed by atoms with Crippen LogP contribution in [0.3, 0.4) is 0 Å². The number of carboxylic acid groups (broad SMARTS) is 2. The normalized spacial score (nSPS) is 11.3. The Morgan fingerprint density at radius 2 is 1.50 bits per heavy atom. The summed E-state index contributed by atoms with van der Waals surface area (Å²) >= 11 is 5.24. The average molecular weight is 277 g/mol. The van der Waals surface area contributed by atoms with E-state index in [0.717, 1.165) is 0 Å². The number of phosphoric ester groups is 1. The van der Waals surface area contributed by atoms with Gasteiger partial charge in [0.25, 0.3) is 0 Å². The highest BCUT2D eigenvalue weighted by Crippen LogP contribution is 2.49. The van der Waals surface area contributed by atoms with Crippen LogP contribution in [-0.4, -0.2) is 47.9 Å². The quantitative estimate of drug-likeness (QED) is 0.463. The third-order valence-electron chi connectivity index (χ3n) is 1.02. The van der Waals surface area contributed by atoms with E-state index in [-0.39, 0.29) is 12.5 Å². The lowest BCUT2D eigenvalue weighted by Gasteiger charge is -2.15. The number of carboxylic acids is 2. The number of hydrogen-bond acceptors (Lipinski definition) is 6. The van der Waals surface area contributed by atoms with Crippen molar-refractivity contribution in [2.75, 3.05) is 25.7 Å². The molecule has 0 saturated heterocycles. The standard InChI is InChI=1S/C6H10ClO8P/c7-1-2-13-16(12,14-3-5(8)9)15-4-6(10)11/h1-4H2,(H,8,9)(H,10,11). The van der Waals surface area contributed by atoms with E-state index in [9.17, 15) is 14.2 Å². The Balaban J connectivity index is 4.29. The Morgan fingerprint density at radius 3 is 1.81 bits per heavy atom. The first-order valence-electron chi connectivity index (χ1n) is 3.93. The van der Waals surface area contributed by atoms with Gasteiger partial charge in [-0.05, 0) is 0 Å². The number of phosphoric acid groups is 1. The molecular weight excluding hydrogens is 266 g/mol. The molecule has 10 heteroatoms. The maximum Gasteiger partial charge on any atom is 0.475 e. The SMILES string of the molecule is O=C(O)COP(=O)(OCCCl)OCC(=O)O. The van der Waals surface area contributed by atoms with Gasteiger partial charge in [-0.15, -0.1) is 11.6 Å². The zero-order valence-corrected chi connectivity index (χ0v) is 9.65. The predicted molar refractivity (Wildman–Crippen MR) is 51.5 cm³/mol. The Bertz CT molecular complexity index is 270. The molecule has 0 aromatic carbocycles. The van der Waals surface area contributed by atoms with Crippen molar-refractivity contribution in [1.82, 2.24) is 0 Å². The molecule has 8 nitrogen and oxygen atoms in total. The Morgan fingerprint density at radius 1 is 1.06 bits per heavy atom. The van der Waals surface area contributed by atoms with Gasteiger partial charge in [0.2, 0.25) is 0 Å². The van der Waals surface area contributed by atoms with Gasteiger partial charge in [-0.3, -0.25) is 13.6 Å². The van der Waals surface area contributed by atoms with Crippen LogP contribution in [0.15, 0.2) is 0 Å². The van der Waals surface area contributed by atoms with Gasteiger partial charge in [0.05, 0.1) is 6.61 Å². The summed E-state index contributed by atoms with van der Waals surface area (Å²) in [6.45, 7) is -2.09. The minimum Gasteiger partial charge on any atom is -0.480 e. The summed E-state index contributed by atoms with van der Waals surface area (Å²) < 4.78 is 24.7. The third kappa shape index (κ3) is 7.61. The molecule has 0 rings (SSSR count). The van der Waals surface area contributed by atoms with Crippen LogP contribution >= 0.6 is 19.4 Å². The van der Waals surface area contributed by atoms with Gasteiger partial charge >= 0.3 is 19.8 Å². The number of hydrogen-bond donors (Lipinski definition) is 2. The number of aliphatic carboxylic acids is 2. The van der Waals surface area contributed by atoms with Gasteiger partial charge in [0.15, 0.2) is 13.2 Å². The van der Waals surface area contributed by atoms with Crippen LogP contribution in [0, 0.1) is 0 Å². The fourth-order valence-electron chi connectivity index (χ4n) is 0.527. The van der Waals surface area contributed by atoms with E-state index in [0.29, 0.717) is 0 Å². The topological polar surface area (TPSA) is 119 Å². The maximum atomic E-state index is 11.5. The molecule has 0 fully saturated rings. The Labute approximate surface area is 95.7 Å². The molecule has 0 aromatic rings. The minimum absolute atomic E-state index is 0.0309. The van der Waals surface area contributed by atoms with E-state index < -0.39 is 33.0 Å². The van der Waals surface area contributed by atoms with Crippen LogP contribution in [0.1, 0.15) is 0 Å². The second-order valence-electron chi connectivity index (χ2n) is 2.30. The largest absolute Gasteiger partial charge is 0.480 e. The summed E-state index contributed by atoms with van der Waals surface area (Å²) in [5, 5.41) is 16.6. The van der Waals surface area contributed by atoms with Gasteiger partial charge in [0.1, 0.15) is 0 Å². The van der Waals surface area contributed by atoms with Crippen LogP contribution in [0.25, 0.3) is 0 Å². The van der Waals surface area contributed by atoms with Gasteiger partial charge in [0, 0.05) is 5.88 Å². The van der Waals surface area contributed by atoms with Crippen LogP contribution in [-0.2, 0) is 27.7 Å². The zero-order valence-electron chi connectivity index (χ0n) is 8.00. The minimum atomic E-state index is -4.19. The second-order valence-corrected chi connectivity index (χ2v) is 4.35. The first-order valence-corrected chi connectivity index (χ1v) is 5.92. The summed E-state index contributed by atoms with van der Waals surface area (Å²) in [6, 6.07) is 0. The smallest absolute Gasteiger partial charge is 0.475 e. The van der Waals surface area contributed by atoms with E-state index in [1.807, 2.05) is 0 Å². The molecule has 0 aliphatic heterocycles. The van der Waals surface area contributed by atoms with E-state index >= 15 is 0 Å². The van der Waals surface area contributed by atoms with Crippen molar-refractivity contribution in [1.29, 1.82) is 0 Å². The van der Waals surface area contributed by atoms with Crippen molar-refractivity contribution in [2.24, 2.45) is 0 Å². The van der Waals surface area contributed by atoms with Gasteiger partial charge in [-0.2, -0.15) is 0 Å². The molecule has 0 aliphatic carbocycles. The summed E-state index contributed by atoms with van der Waals surface area (Å²) in [7, 11) is -4.19. The maximum absolute atomic E-state index is 11.5. The third-order valence-corrected chi connectivity index (χ3v) is 2.56. The first kappa shape index (κ1) is 15.3. The van der Waals surface area contributed by atoms with Crippen molar-refractivity contribution in [2.45, 2.75) is 0 Å². The molecule has 0 radical (unpaired) electrons. The molecule has 0 unspecified atom stereocenters. The molecule has 0 amide bonds. The molecule has 2 N–H and O–H groups in total. The summed E-state index contributed by atoms with van der Waals surface area (Å²) in [6.07, 6.45) is 0. The predicted octanol–water partition coefficient (Wildman–Crippen LogP) is 0.552. The van der Waals surface area contributed by atoms with Crippen molar-refractivity contribution >= 4 is 31.4 Å². The lowest BCUT2D eigenvalue weighted by molar-refractivity contribution is -0.141. The molecule has 0 spiro atoms. The molecule has 0 bridgehead atoms. The van der Waals surface area contributed by atoms with Gasteiger partial charge in [-0.25, -0.2) is 14.2 Å². The van der Waals surface area contributed by atoms with Crippen molar-refractivity contribution in [3.8, 4) is 0 Å². The molecular formula is C6H10ClO8P. The van der Waals surface area contributed by atoms with Crippen molar-refractivity contribution in [3.63, 3.8) is 0 Å². The van der Waals surface area contributed by atoms with E-state index in [1.165, 1.54) is 0 Å². The average Bonchev–Trinajstić information content (AvgIpc) is 2.21. The second kappa shape index (κ2) is 7.59. The van der Waals surface area contributed by atoms with E-state index in [1.54, 1.807) is 0 Å². The molecule has 0 saturated carbocycles. The summed E-state index contributed by atoms with van der Waals surface area (Å²) in [4.78, 5) is 20.3. The van der Waals surface area contributed by atoms with E-state index in [2.05, 4.69) is 13.6 Å². The van der Waals surface area contributed by atoms with Crippen LogP contribution < -0.4 is 0 Å². The lowest BCUT2D eigenvalue weighted by atomic mass is 10.8. The Kier molecular flexibility index (Phi) is 7.27. The highest BCUT2D eigenvalue weighted by atomic mass is 35.5. The highest BCUT2D eigenvalue weighted by molar-refractivity contribution is 7.48. The van der Waals surface area contributed by atoms with Crippen LogP contribution in [0.2, 0.25) is 0 Å². The van der Waals surface area contributed by atoms with Gasteiger partial charge in [-0.1, -0.05) is 0 Å². The zero-order chi connectivity index (χ0) is 12.6. The number of carbonyl (C=O) groups is 2. The van der Waals surface area contributed by atoms with Crippen LogP contribution in [0.5, 0.6) is 0 Å². The first-order chi connectivity index (χ1) is 7.39. The fraction of sp³-hybridized carbons (Fsp3) is 0.667. The molecule has 16 heavy (non-hydrogen) atoms. The van der Waals surface area contributed by atoms with E-state index in [4.69, 9.17) is 21.8 Å². The monoisotopic (exact) mass is 276 g/mol. The fourth-order valence-corrected chi connectivity index (χ4v) is 1.79.